The molecule has 0 aromatic carbocycles. The Morgan fingerprint density at radius 1 is 1.45 bits per heavy atom. The fourth-order valence-corrected chi connectivity index (χ4v) is 2.04. The number of nitrogens with zero attached hydrogens (tertiary/aromatic N) is 1. The number of ether oxygens (including phenoxy) is 2. The van der Waals surface area contributed by atoms with Gasteiger partial charge >= 0.3 is 0 Å². The molecule has 0 aromatic rings. The van der Waals surface area contributed by atoms with Crippen molar-refractivity contribution in [2.75, 3.05) is 26.8 Å². The van der Waals surface area contributed by atoms with Gasteiger partial charge in [-0.05, 0) is 54.0 Å². The largest absolute Gasteiger partial charge is 0.353 e. The maximum Gasteiger partial charge on any atom is 0.237 e. The number of nitrogens with one attached hydrogen (secondary N) is 1. The lowest BCUT2D eigenvalue weighted by Crippen LogP contribution is -2.50. The second-order valence-electron chi connectivity index (χ2n) is 6.56. The van der Waals surface area contributed by atoms with E-state index in [4.69, 9.17) is 9.47 Å². The summed E-state index contributed by atoms with van der Waals surface area (Å²) in [5, 5.41) is 2.99. The van der Waals surface area contributed by atoms with Gasteiger partial charge in [0.1, 0.15) is 0 Å². The Morgan fingerprint density at radius 3 is 2.70 bits per heavy atom. The summed E-state index contributed by atoms with van der Waals surface area (Å²) in [6.45, 7) is 9.99. The van der Waals surface area contributed by atoms with Crippen molar-refractivity contribution < 1.29 is 14.3 Å². The zero-order valence-corrected chi connectivity index (χ0v) is 13.6. The quantitative estimate of drug-likeness (QED) is 0.808. The summed E-state index contributed by atoms with van der Waals surface area (Å²) in [7, 11) is 1.94. The summed E-state index contributed by atoms with van der Waals surface area (Å²) < 4.78 is 11.2. The van der Waals surface area contributed by atoms with Crippen molar-refractivity contribution in [1.29, 1.82) is 0 Å². The smallest absolute Gasteiger partial charge is 0.237 e. The Bertz CT molecular complexity index is 296. The van der Waals surface area contributed by atoms with Gasteiger partial charge in [0.15, 0.2) is 6.29 Å². The number of carbonyl (C=O) groups excluding carboxylic acids is 1. The first-order valence-corrected chi connectivity index (χ1v) is 7.55. The predicted octanol–water partition coefficient (Wildman–Crippen LogP) is 1.76. The molecule has 1 amide bonds. The number of carbonyl (C=O) groups is 1. The molecule has 1 heterocycles. The molecule has 0 aliphatic carbocycles. The van der Waals surface area contributed by atoms with E-state index in [1.807, 2.05) is 39.6 Å². The molecule has 0 bridgehead atoms. The van der Waals surface area contributed by atoms with Crippen LogP contribution in [0.4, 0.5) is 0 Å². The van der Waals surface area contributed by atoms with E-state index in [2.05, 4.69) is 5.32 Å². The lowest BCUT2D eigenvalue weighted by molar-refractivity contribution is -0.164. The van der Waals surface area contributed by atoms with Crippen molar-refractivity contribution in [1.82, 2.24) is 10.2 Å². The van der Waals surface area contributed by atoms with E-state index in [-0.39, 0.29) is 23.8 Å². The van der Waals surface area contributed by atoms with Gasteiger partial charge < -0.3 is 14.8 Å². The van der Waals surface area contributed by atoms with Crippen molar-refractivity contribution in [2.24, 2.45) is 0 Å². The van der Waals surface area contributed by atoms with Crippen molar-refractivity contribution in [2.45, 2.75) is 64.8 Å². The SMILES string of the molecule is C[C@H](C(=O)NC(C)(C)C)N(C)CCO[C@H]1CCCCO1. The van der Waals surface area contributed by atoms with Gasteiger partial charge in [0.05, 0.1) is 12.6 Å². The van der Waals surface area contributed by atoms with Crippen LogP contribution in [0.25, 0.3) is 0 Å². The van der Waals surface area contributed by atoms with Crippen LogP contribution in [0.1, 0.15) is 47.0 Å². The zero-order valence-electron chi connectivity index (χ0n) is 13.6. The average molecular weight is 286 g/mol. The summed E-state index contributed by atoms with van der Waals surface area (Å²) >= 11 is 0. The molecule has 0 saturated carbocycles. The summed E-state index contributed by atoms with van der Waals surface area (Å²) in [5.74, 6) is 0.0499. The molecule has 0 unspecified atom stereocenters. The molecular formula is C15H30N2O3. The van der Waals surface area contributed by atoms with Gasteiger partial charge in [-0.15, -0.1) is 0 Å². The maximum atomic E-state index is 12.0. The van der Waals surface area contributed by atoms with Crippen LogP contribution in [-0.4, -0.2) is 55.5 Å². The van der Waals surface area contributed by atoms with Gasteiger partial charge in [-0.1, -0.05) is 0 Å². The van der Waals surface area contributed by atoms with E-state index < -0.39 is 0 Å². The zero-order chi connectivity index (χ0) is 15.2. The number of rotatable bonds is 6. The highest BCUT2D eigenvalue weighted by Crippen LogP contribution is 2.13. The second-order valence-corrected chi connectivity index (χ2v) is 6.56. The van der Waals surface area contributed by atoms with Crippen molar-refractivity contribution in [3.05, 3.63) is 0 Å². The Morgan fingerprint density at radius 2 is 2.15 bits per heavy atom. The molecule has 2 atom stereocenters. The molecule has 1 rings (SSSR count). The molecule has 1 fully saturated rings. The molecular weight excluding hydrogens is 256 g/mol. The molecule has 20 heavy (non-hydrogen) atoms. The van der Waals surface area contributed by atoms with Gasteiger partial charge in [-0.3, -0.25) is 9.69 Å². The van der Waals surface area contributed by atoms with E-state index in [1.165, 1.54) is 6.42 Å². The average Bonchev–Trinajstić information content (AvgIpc) is 2.37. The van der Waals surface area contributed by atoms with Gasteiger partial charge in [-0.25, -0.2) is 0 Å². The molecule has 5 heteroatoms. The fourth-order valence-electron chi connectivity index (χ4n) is 2.04. The van der Waals surface area contributed by atoms with Gasteiger partial charge in [0.25, 0.3) is 0 Å². The highest BCUT2D eigenvalue weighted by Gasteiger charge is 2.22. The molecule has 1 N–H and O–H groups in total. The molecule has 0 radical (unpaired) electrons. The van der Waals surface area contributed by atoms with Crippen molar-refractivity contribution >= 4 is 5.91 Å². The molecule has 118 valence electrons. The summed E-state index contributed by atoms with van der Waals surface area (Å²) in [4.78, 5) is 14.1. The van der Waals surface area contributed by atoms with E-state index in [0.29, 0.717) is 6.61 Å². The summed E-state index contributed by atoms with van der Waals surface area (Å²) in [6.07, 6.45) is 3.22. The summed E-state index contributed by atoms with van der Waals surface area (Å²) in [6, 6.07) is -0.162. The topological polar surface area (TPSA) is 50.8 Å². The Labute approximate surface area is 123 Å². The van der Waals surface area contributed by atoms with Crippen LogP contribution in [0.2, 0.25) is 0 Å². The van der Waals surface area contributed by atoms with Crippen LogP contribution >= 0.6 is 0 Å². The first kappa shape index (κ1) is 17.4. The standard InChI is InChI=1S/C15H30N2O3/c1-12(14(18)16-15(2,3)4)17(5)9-11-20-13-8-6-7-10-19-13/h12-13H,6-11H2,1-5H3,(H,16,18)/t12-,13+/m1/s1. The summed E-state index contributed by atoms with van der Waals surface area (Å²) in [5.41, 5.74) is -0.196. The molecule has 1 saturated heterocycles. The van der Waals surface area contributed by atoms with E-state index in [0.717, 1.165) is 26.0 Å². The van der Waals surface area contributed by atoms with E-state index in [9.17, 15) is 4.79 Å². The first-order valence-electron chi connectivity index (χ1n) is 7.55. The van der Waals surface area contributed by atoms with Gasteiger partial charge in [0, 0.05) is 18.7 Å². The van der Waals surface area contributed by atoms with Gasteiger partial charge in [-0.2, -0.15) is 0 Å². The Hall–Kier alpha value is -0.650. The molecule has 5 nitrogen and oxygen atoms in total. The Kier molecular flexibility index (Phi) is 6.92. The predicted molar refractivity (Wildman–Crippen MR) is 79.5 cm³/mol. The van der Waals surface area contributed by atoms with Crippen LogP contribution < -0.4 is 5.32 Å². The van der Waals surface area contributed by atoms with E-state index in [1.54, 1.807) is 0 Å². The van der Waals surface area contributed by atoms with Crippen LogP contribution in [0.3, 0.4) is 0 Å². The third-order valence-electron chi connectivity index (χ3n) is 3.42. The third-order valence-corrected chi connectivity index (χ3v) is 3.42. The monoisotopic (exact) mass is 286 g/mol. The van der Waals surface area contributed by atoms with Crippen LogP contribution in [0.15, 0.2) is 0 Å². The minimum absolute atomic E-state index is 0.0499. The highest BCUT2D eigenvalue weighted by molar-refractivity contribution is 5.81. The third kappa shape index (κ3) is 6.68. The number of hydrogen-bond donors (Lipinski definition) is 1. The van der Waals surface area contributed by atoms with Crippen LogP contribution in [-0.2, 0) is 14.3 Å². The van der Waals surface area contributed by atoms with Gasteiger partial charge in [0.2, 0.25) is 5.91 Å². The Balaban J connectivity index is 2.23. The van der Waals surface area contributed by atoms with Crippen LogP contribution in [0.5, 0.6) is 0 Å². The number of hydrogen-bond acceptors (Lipinski definition) is 4. The normalized spacial score (nSPS) is 21.8. The first-order chi connectivity index (χ1) is 9.29. The minimum Gasteiger partial charge on any atom is -0.353 e. The second kappa shape index (κ2) is 7.96. The number of amides is 1. The van der Waals surface area contributed by atoms with Crippen LogP contribution in [0, 0.1) is 0 Å². The number of likely N-dealkylation sites (N-methyl/N-ethyl adjacent to an activating group) is 1. The van der Waals surface area contributed by atoms with Crippen molar-refractivity contribution in [3.8, 4) is 0 Å². The minimum atomic E-state index is -0.196. The lowest BCUT2D eigenvalue weighted by Gasteiger charge is -2.29. The van der Waals surface area contributed by atoms with Crippen molar-refractivity contribution in [3.63, 3.8) is 0 Å². The molecule has 1 aliphatic rings. The maximum absolute atomic E-state index is 12.0. The highest BCUT2D eigenvalue weighted by atomic mass is 16.7. The molecule has 1 aliphatic heterocycles. The van der Waals surface area contributed by atoms with E-state index >= 15 is 0 Å². The lowest BCUT2D eigenvalue weighted by atomic mass is 10.1. The fraction of sp³-hybridized carbons (Fsp3) is 0.933. The molecule has 0 aromatic heterocycles. The molecule has 0 spiro atoms.